The summed E-state index contributed by atoms with van der Waals surface area (Å²) in [6.07, 6.45) is 0. The summed E-state index contributed by atoms with van der Waals surface area (Å²) in [5, 5.41) is 0. The van der Waals surface area contributed by atoms with Gasteiger partial charge in [0.1, 0.15) is 5.75 Å². The van der Waals surface area contributed by atoms with Crippen molar-refractivity contribution in [2.75, 3.05) is 19.9 Å². The van der Waals surface area contributed by atoms with E-state index in [2.05, 4.69) is 32.7 Å². The van der Waals surface area contributed by atoms with E-state index < -0.39 is 0 Å². The van der Waals surface area contributed by atoms with Gasteiger partial charge >= 0.3 is 0 Å². The summed E-state index contributed by atoms with van der Waals surface area (Å²) in [7, 11) is 3.83. The summed E-state index contributed by atoms with van der Waals surface area (Å²) in [6, 6.07) is 6.32. The molecule has 0 heterocycles. The van der Waals surface area contributed by atoms with Crippen molar-refractivity contribution in [1.29, 1.82) is 0 Å². The van der Waals surface area contributed by atoms with Gasteiger partial charge in [-0.15, -0.1) is 0 Å². The molecular formula is C14H24N2O. The highest BCUT2D eigenvalue weighted by atomic mass is 16.5. The zero-order valence-corrected chi connectivity index (χ0v) is 11.5. The van der Waals surface area contributed by atoms with Crippen molar-refractivity contribution in [2.45, 2.75) is 33.4 Å². The van der Waals surface area contributed by atoms with Crippen LogP contribution < -0.4 is 10.5 Å². The Morgan fingerprint density at radius 2 is 1.94 bits per heavy atom. The Kier molecular flexibility index (Phi) is 4.82. The number of methoxy groups -OCH3 is 1. The molecule has 0 aliphatic rings. The normalized spacial score (nSPS) is 13.1. The van der Waals surface area contributed by atoms with E-state index in [1.54, 1.807) is 7.11 Å². The average Bonchev–Trinajstić information content (AvgIpc) is 2.28. The number of hydrogen-bond acceptors (Lipinski definition) is 3. The first-order chi connectivity index (χ1) is 7.95. The lowest BCUT2D eigenvalue weighted by molar-refractivity contribution is 0.198. The number of nitrogen functional groups attached to an aromatic ring is 1. The van der Waals surface area contributed by atoms with Crippen molar-refractivity contribution < 1.29 is 4.74 Å². The standard InChI is InChI=1S/C14H24N2O/c1-10(2)11(3)16(4)9-12-8-13(15)6-7-14(12)17-5/h6-8,10-11H,9,15H2,1-5H3. The lowest BCUT2D eigenvalue weighted by Gasteiger charge is -2.28. The molecule has 0 spiro atoms. The van der Waals surface area contributed by atoms with Gasteiger partial charge in [-0.05, 0) is 38.1 Å². The second kappa shape index (κ2) is 5.92. The Morgan fingerprint density at radius 3 is 2.47 bits per heavy atom. The summed E-state index contributed by atoms with van der Waals surface area (Å²) in [5.74, 6) is 1.54. The molecule has 0 aliphatic carbocycles. The molecule has 1 aromatic carbocycles. The van der Waals surface area contributed by atoms with Crippen molar-refractivity contribution in [3.05, 3.63) is 23.8 Å². The Morgan fingerprint density at radius 1 is 1.29 bits per heavy atom. The average molecular weight is 236 g/mol. The van der Waals surface area contributed by atoms with Gasteiger partial charge in [0.25, 0.3) is 0 Å². The third-order valence-corrected chi connectivity index (χ3v) is 3.38. The highest BCUT2D eigenvalue weighted by Crippen LogP contribution is 2.23. The van der Waals surface area contributed by atoms with Crippen LogP contribution in [-0.4, -0.2) is 25.1 Å². The molecule has 3 nitrogen and oxygen atoms in total. The van der Waals surface area contributed by atoms with Crippen LogP contribution in [0.25, 0.3) is 0 Å². The van der Waals surface area contributed by atoms with Gasteiger partial charge in [0.2, 0.25) is 0 Å². The third kappa shape index (κ3) is 3.63. The monoisotopic (exact) mass is 236 g/mol. The molecule has 1 unspecified atom stereocenters. The van der Waals surface area contributed by atoms with Crippen molar-refractivity contribution >= 4 is 5.69 Å². The number of hydrogen-bond donors (Lipinski definition) is 1. The van der Waals surface area contributed by atoms with Crippen LogP contribution in [-0.2, 0) is 6.54 Å². The summed E-state index contributed by atoms with van der Waals surface area (Å²) in [6.45, 7) is 7.56. The fraction of sp³-hybridized carbons (Fsp3) is 0.571. The van der Waals surface area contributed by atoms with E-state index in [0.717, 1.165) is 23.5 Å². The lowest BCUT2D eigenvalue weighted by Crippen LogP contribution is -2.32. The maximum Gasteiger partial charge on any atom is 0.123 e. The Labute approximate surface area is 105 Å². The predicted octanol–water partition coefficient (Wildman–Crippen LogP) is 2.75. The van der Waals surface area contributed by atoms with E-state index in [4.69, 9.17) is 10.5 Å². The highest BCUT2D eigenvalue weighted by molar-refractivity contribution is 5.47. The number of rotatable bonds is 5. The molecule has 0 bridgehead atoms. The predicted molar refractivity (Wildman–Crippen MR) is 73.2 cm³/mol. The quantitative estimate of drug-likeness (QED) is 0.799. The van der Waals surface area contributed by atoms with Gasteiger partial charge in [-0.2, -0.15) is 0 Å². The topological polar surface area (TPSA) is 38.5 Å². The summed E-state index contributed by atoms with van der Waals surface area (Å²) in [4.78, 5) is 2.32. The van der Waals surface area contributed by atoms with Crippen LogP contribution in [0.15, 0.2) is 18.2 Å². The van der Waals surface area contributed by atoms with E-state index in [9.17, 15) is 0 Å². The molecule has 0 amide bonds. The minimum absolute atomic E-state index is 0.529. The van der Waals surface area contributed by atoms with E-state index >= 15 is 0 Å². The molecular weight excluding hydrogens is 212 g/mol. The zero-order chi connectivity index (χ0) is 13.0. The largest absolute Gasteiger partial charge is 0.496 e. The number of anilines is 1. The molecule has 96 valence electrons. The third-order valence-electron chi connectivity index (χ3n) is 3.38. The first-order valence-electron chi connectivity index (χ1n) is 6.08. The van der Waals surface area contributed by atoms with E-state index in [1.807, 2.05) is 18.2 Å². The SMILES string of the molecule is COc1ccc(N)cc1CN(C)C(C)C(C)C. The smallest absolute Gasteiger partial charge is 0.123 e. The molecule has 1 aromatic rings. The zero-order valence-electron chi connectivity index (χ0n) is 11.5. The Bertz CT molecular complexity index is 363. The van der Waals surface area contributed by atoms with E-state index in [0.29, 0.717) is 12.0 Å². The molecule has 0 saturated carbocycles. The number of ether oxygens (including phenoxy) is 1. The second-order valence-electron chi connectivity index (χ2n) is 4.97. The molecule has 0 saturated heterocycles. The first kappa shape index (κ1) is 13.8. The second-order valence-corrected chi connectivity index (χ2v) is 4.97. The van der Waals surface area contributed by atoms with Crippen LogP contribution in [0.4, 0.5) is 5.69 Å². The maximum atomic E-state index is 5.82. The molecule has 17 heavy (non-hydrogen) atoms. The minimum atomic E-state index is 0.529. The Balaban J connectivity index is 2.83. The van der Waals surface area contributed by atoms with Gasteiger partial charge in [0.15, 0.2) is 0 Å². The van der Waals surface area contributed by atoms with Gasteiger partial charge in [-0.3, -0.25) is 4.90 Å². The van der Waals surface area contributed by atoms with Crippen molar-refractivity contribution in [3.8, 4) is 5.75 Å². The maximum absolute atomic E-state index is 5.82. The van der Waals surface area contributed by atoms with Crippen LogP contribution in [0.2, 0.25) is 0 Å². The van der Waals surface area contributed by atoms with Gasteiger partial charge in [-0.1, -0.05) is 13.8 Å². The van der Waals surface area contributed by atoms with Crippen LogP contribution in [0, 0.1) is 5.92 Å². The molecule has 1 atom stereocenters. The lowest BCUT2D eigenvalue weighted by atomic mass is 10.0. The van der Waals surface area contributed by atoms with Gasteiger partial charge in [0.05, 0.1) is 7.11 Å². The summed E-state index contributed by atoms with van der Waals surface area (Å²) < 4.78 is 5.36. The van der Waals surface area contributed by atoms with Crippen LogP contribution >= 0.6 is 0 Å². The molecule has 0 radical (unpaired) electrons. The highest BCUT2D eigenvalue weighted by Gasteiger charge is 2.15. The van der Waals surface area contributed by atoms with Crippen LogP contribution in [0.5, 0.6) is 5.75 Å². The molecule has 0 fully saturated rings. The van der Waals surface area contributed by atoms with E-state index in [1.165, 1.54) is 0 Å². The molecule has 0 aromatic heterocycles. The number of nitrogens with zero attached hydrogens (tertiary/aromatic N) is 1. The fourth-order valence-corrected chi connectivity index (χ4v) is 1.84. The molecule has 3 heteroatoms. The van der Waals surface area contributed by atoms with Crippen molar-refractivity contribution in [1.82, 2.24) is 4.90 Å². The number of nitrogens with two attached hydrogens (primary N) is 1. The van der Waals surface area contributed by atoms with Gasteiger partial charge < -0.3 is 10.5 Å². The minimum Gasteiger partial charge on any atom is -0.496 e. The molecule has 1 rings (SSSR count). The molecule has 0 aliphatic heterocycles. The van der Waals surface area contributed by atoms with Crippen molar-refractivity contribution in [2.24, 2.45) is 5.92 Å². The fourth-order valence-electron chi connectivity index (χ4n) is 1.84. The number of benzene rings is 1. The summed E-state index contributed by atoms with van der Waals surface area (Å²) >= 11 is 0. The van der Waals surface area contributed by atoms with Gasteiger partial charge in [0, 0.05) is 23.8 Å². The first-order valence-corrected chi connectivity index (χ1v) is 6.08. The van der Waals surface area contributed by atoms with Gasteiger partial charge in [-0.25, -0.2) is 0 Å². The van der Waals surface area contributed by atoms with Crippen molar-refractivity contribution in [3.63, 3.8) is 0 Å². The summed E-state index contributed by atoms with van der Waals surface area (Å²) in [5.41, 5.74) is 7.74. The Hall–Kier alpha value is -1.22. The van der Waals surface area contributed by atoms with Crippen LogP contribution in [0.3, 0.4) is 0 Å². The van der Waals surface area contributed by atoms with Crippen LogP contribution in [0.1, 0.15) is 26.3 Å². The van der Waals surface area contributed by atoms with E-state index in [-0.39, 0.29) is 0 Å². The molecule has 2 N–H and O–H groups in total.